The highest BCUT2D eigenvalue weighted by atomic mass is 16.2. The molecule has 7 rings (SSSR count). The number of aromatic nitrogens is 2. The standard InChI is InChI=1S/C27H24N4O2/c1-30-14-19(17-6-2-4-8-20(17)30)24-25(27(33)29-26(24)32)23-18-7-3-5-9-21(18)31-13-16-12-28-11-15(16)10-22(23)31/h2-9,14-16,28H,10-13H2,1H3,(H,29,32,33)/t15-,16+/m1/s1. The molecule has 2 atom stereocenters. The van der Waals surface area contributed by atoms with Crippen LogP contribution >= 0.6 is 0 Å². The summed E-state index contributed by atoms with van der Waals surface area (Å²) < 4.78 is 4.41. The van der Waals surface area contributed by atoms with Crippen molar-refractivity contribution in [1.82, 2.24) is 19.8 Å². The van der Waals surface area contributed by atoms with E-state index in [4.69, 9.17) is 0 Å². The minimum absolute atomic E-state index is 0.297. The normalized spacial score (nSPS) is 22.3. The molecule has 5 heterocycles. The fourth-order valence-corrected chi connectivity index (χ4v) is 6.27. The summed E-state index contributed by atoms with van der Waals surface area (Å²) in [6, 6.07) is 16.3. The monoisotopic (exact) mass is 436 g/mol. The van der Waals surface area contributed by atoms with Gasteiger partial charge in [-0.2, -0.15) is 0 Å². The van der Waals surface area contributed by atoms with Crippen molar-refractivity contribution in [3.63, 3.8) is 0 Å². The lowest BCUT2D eigenvalue weighted by molar-refractivity contribution is -0.122. The maximum Gasteiger partial charge on any atom is 0.259 e. The van der Waals surface area contributed by atoms with Crippen LogP contribution in [0.15, 0.2) is 54.7 Å². The first-order valence-corrected chi connectivity index (χ1v) is 11.6. The average molecular weight is 437 g/mol. The predicted octanol–water partition coefficient (Wildman–Crippen LogP) is 3.09. The molecule has 33 heavy (non-hydrogen) atoms. The lowest BCUT2D eigenvalue weighted by Gasteiger charge is -2.28. The van der Waals surface area contributed by atoms with Crippen LogP contribution in [0.1, 0.15) is 16.8 Å². The molecule has 2 N–H and O–H groups in total. The molecule has 164 valence electrons. The quantitative estimate of drug-likeness (QED) is 0.475. The third-order valence-electron chi connectivity index (χ3n) is 7.78. The van der Waals surface area contributed by atoms with E-state index in [0.29, 0.717) is 23.0 Å². The molecule has 3 aliphatic rings. The zero-order valence-electron chi connectivity index (χ0n) is 18.4. The fraction of sp³-hybridized carbons (Fsp3) is 0.259. The number of amides is 2. The number of benzene rings is 2. The zero-order valence-corrected chi connectivity index (χ0v) is 18.4. The van der Waals surface area contributed by atoms with Crippen LogP contribution in [-0.4, -0.2) is 34.0 Å². The van der Waals surface area contributed by atoms with E-state index in [1.54, 1.807) is 0 Å². The molecule has 6 heteroatoms. The molecule has 2 aromatic heterocycles. The van der Waals surface area contributed by atoms with E-state index in [9.17, 15) is 9.59 Å². The lowest BCUT2D eigenvalue weighted by atomic mass is 9.85. The average Bonchev–Trinajstić information content (AvgIpc) is 3.56. The highest BCUT2D eigenvalue weighted by Crippen LogP contribution is 2.44. The summed E-state index contributed by atoms with van der Waals surface area (Å²) in [7, 11) is 1.98. The van der Waals surface area contributed by atoms with E-state index in [1.165, 1.54) is 5.69 Å². The van der Waals surface area contributed by atoms with Gasteiger partial charge in [0.1, 0.15) is 0 Å². The number of para-hydroxylation sites is 2. The zero-order chi connectivity index (χ0) is 22.3. The van der Waals surface area contributed by atoms with Crippen LogP contribution in [0.2, 0.25) is 0 Å². The van der Waals surface area contributed by atoms with Crippen molar-refractivity contribution in [3.8, 4) is 0 Å². The van der Waals surface area contributed by atoms with Crippen LogP contribution in [-0.2, 0) is 29.6 Å². The van der Waals surface area contributed by atoms with Crippen molar-refractivity contribution in [2.24, 2.45) is 18.9 Å². The maximum atomic E-state index is 13.3. The molecule has 2 aromatic carbocycles. The SMILES string of the molecule is Cn1cc(C2=C(c3c4n(c5ccccc35)C[C@@H]3CNC[C@H]3C4)C(=O)NC2=O)c2ccccc21. The van der Waals surface area contributed by atoms with Crippen LogP contribution < -0.4 is 10.6 Å². The first kappa shape index (κ1) is 18.9. The van der Waals surface area contributed by atoms with Crippen LogP contribution in [0.3, 0.4) is 0 Å². The van der Waals surface area contributed by atoms with Crippen molar-refractivity contribution in [1.29, 1.82) is 0 Å². The van der Waals surface area contributed by atoms with Gasteiger partial charge in [-0.1, -0.05) is 36.4 Å². The minimum atomic E-state index is -0.313. The van der Waals surface area contributed by atoms with Crippen LogP contribution in [0.4, 0.5) is 0 Å². The minimum Gasteiger partial charge on any atom is -0.350 e. The van der Waals surface area contributed by atoms with Crippen LogP contribution in [0.25, 0.3) is 33.0 Å². The number of rotatable bonds is 2. The Bertz CT molecular complexity index is 1540. The Labute approximate surface area is 190 Å². The van der Waals surface area contributed by atoms with E-state index in [1.807, 2.05) is 48.1 Å². The Morgan fingerprint density at radius 1 is 0.848 bits per heavy atom. The van der Waals surface area contributed by atoms with Gasteiger partial charge in [0.25, 0.3) is 11.8 Å². The lowest BCUT2D eigenvalue weighted by Crippen LogP contribution is -2.28. The molecule has 0 aliphatic carbocycles. The van der Waals surface area contributed by atoms with Crippen molar-refractivity contribution in [3.05, 3.63) is 71.5 Å². The smallest absolute Gasteiger partial charge is 0.259 e. The third-order valence-corrected chi connectivity index (χ3v) is 7.78. The number of nitrogens with one attached hydrogen (secondary N) is 2. The summed E-state index contributed by atoms with van der Waals surface area (Å²) in [5, 5.41) is 8.19. The van der Waals surface area contributed by atoms with E-state index in [2.05, 4.69) is 33.4 Å². The van der Waals surface area contributed by atoms with E-state index < -0.39 is 0 Å². The van der Waals surface area contributed by atoms with E-state index >= 15 is 0 Å². The number of nitrogens with zero attached hydrogens (tertiary/aromatic N) is 2. The van der Waals surface area contributed by atoms with Gasteiger partial charge in [-0.15, -0.1) is 0 Å². The molecule has 2 amide bonds. The summed E-state index contributed by atoms with van der Waals surface area (Å²) in [5.74, 6) is 0.550. The molecular formula is C27H24N4O2. The molecule has 6 nitrogen and oxygen atoms in total. The van der Waals surface area contributed by atoms with Crippen molar-refractivity contribution in [2.75, 3.05) is 13.1 Å². The van der Waals surface area contributed by atoms with Gasteiger partial charge < -0.3 is 14.5 Å². The number of hydrogen-bond donors (Lipinski definition) is 2. The molecule has 0 radical (unpaired) electrons. The number of hydrogen-bond acceptors (Lipinski definition) is 3. The van der Waals surface area contributed by atoms with Gasteiger partial charge in [0.05, 0.1) is 11.1 Å². The van der Waals surface area contributed by atoms with Crippen LogP contribution in [0.5, 0.6) is 0 Å². The summed E-state index contributed by atoms with van der Waals surface area (Å²) in [5.41, 5.74) is 6.11. The summed E-state index contributed by atoms with van der Waals surface area (Å²) in [6.45, 7) is 2.99. The van der Waals surface area contributed by atoms with Gasteiger partial charge >= 0.3 is 0 Å². The Kier molecular flexibility index (Phi) is 3.82. The van der Waals surface area contributed by atoms with Crippen molar-refractivity contribution in [2.45, 2.75) is 13.0 Å². The molecule has 1 saturated heterocycles. The topological polar surface area (TPSA) is 68.1 Å². The molecule has 3 aliphatic heterocycles. The van der Waals surface area contributed by atoms with E-state index in [-0.39, 0.29) is 11.8 Å². The first-order valence-electron chi connectivity index (χ1n) is 11.6. The van der Waals surface area contributed by atoms with Crippen molar-refractivity contribution >= 4 is 44.8 Å². The second-order valence-electron chi connectivity index (χ2n) is 9.54. The molecule has 1 fully saturated rings. The molecule has 0 saturated carbocycles. The first-order chi connectivity index (χ1) is 16.1. The van der Waals surface area contributed by atoms with Gasteiger partial charge in [-0.25, -0.2) is 0 Å². The maximum absolute atomic E-state index is 13.3. The molecule has 0 unspecified atom stereocenters. The molecule has 0 bridgehead atoms. The highest BCUT2D eigenvalue weighted by molar-refractivity contribution is 6.51. The van der Waals surface area contributed by atoms with Gasteiger partial charge in [0, 0.05) is 58.4 Å². The Morgan fingerprint density at radius 2 is 1.55 bits per heavy atom. The summed E-state index contributed by atoms with van der Waals surface area (Å²) >= 11 is 0. The number of carbonyl (C=O) groups excluding carboxylic acids is 2. The number of imide groups is 1. The van der Waals surface area contributed by atoms with Crippen LogP contribution in [0, 0.1) is 11.8 Å². The van der Waals surface area contributed by atoms with Gasteiger partial charge in [0.2, 0.25) is 0 Å². The number of carbonyl (C=O) groups is 2. The summed E-state index contributed by atoms with van der Waals surface area (Å²) in [4.78, 5) is 26.6. The van der Waals surface area contributed by atoms with Gasteiger partial charge in [0.15, 0.2) is 0 Å². The second kappa shape index (κ2) is 6.68. The molecule has 4 aromatic rings. The Balaban J connectivity index is 1.56. The second-order valence-corrected chi connectivity index (χ2v) is 9.54. The molecular weight excluding hydrogens is 412 g/mol. The number of fused-ring (bicyclic) bond motifs is 5. The highest BCUT2D eigenvalue weighted by Gasteiger charge is 2.40. The predicted molar refractivity (Wildman–Crippen MR) is 128 cm³/mol. The van der Waals surface area contributed by atoms with E-state index in [0.717, 1.165) is 59.0 Å². The van der Waals surface area contributed by atoms with Crippen molar-refractivity contribution < 1.29 is 9.59 Å². The number of aryl methyl sites for hydroxylation is 1. The van der Waals surface area contributed by atoms with Gasteiger partial charge in [-0.3, -0.25) is 14.9 Å². The Hall–Kier alpha value is -3.64. The Morgan fingerprint density at radius 3 is 2.39 bits per heavy atom. The molecule has 0 spiro atoms. The summed E-state index contributed by atoms with van der Waals surface area (Å²) in [6.07, 6.45) is 2.88. The van der Waals surface area contributed by atoms with Gasteiger partial charge in [-0.05, 0) is 43.5 Å². The largest absolute Gasteiger partial charge is 0.350 e. The third kappa shape index (κ3) is 2.52. The fourth-order valence-electron chi connectivity index (χ4n) is 6.27.